The highest BCUT2D eigenvalue weighted by Gasteiger charge is 2.09. The molecule has 0 heterocycles. The third kappa shape index (κ3) is 0.941. The number of benzene rings is 2. The van der Waals surface area contributed by atoms with Crippen LogP contribution in [0.25, 0.3) is 16.8 Å². The van der Waals surface area contributed by atoms with Crippen molar-refractivity contribution in [3.05, 3.63) is 53.1 Å². The largest absolute Gasteiger partial charge is 0.0795 e. The highest BCUT2D eigenvalue weighted by Crippen LogP contribution is 2.30. The molecule has 2 aromatic carbocycles. The van der Waals surface area contributed by atoms with Crippen LogP contribution in [-0.2, 0) is 6.42 Å². The quantitative estimate of drug-likeness (QED) is 0.579. The summed E-state index contributed by atoms with van der Waals surface area (Å²) in [4.78, 5) is 0. The van der Waals surface area contributed by atoms with Crippen LogP contribution in [0.4, 0.5) is 0 Å². The molecule has 14 heavy (non-hydrogen) atoms. The average molecular weight is 180 g/mol. The van der Waals surface area contributed by atoms with Gasteiger partial charge in [0.1, 0.15) is 0 Å². The topological polar surface area (TPSA) is 0 Å². The van der Waals surface area contributed by atoms with Gasteiger partial charge in [0, 0.05) is 0 Å². The Morgan fingerprint density at radius 1 is 1.07 bits per heavy atom. The van der Waals surface area contributed by atoms with Crippen LogP contribution < -0.4 is 0 Å². The lowest BCUT2D eigenvalue weighted by Crippen LogP contribution is -1.94. The van der Waals surface area contributed by atoms with E-state index >= 15 is 0 Å². The summed E-state index contributed by atoms with van der Waals surface area (Å²) in [6.45, 7) is 2.18. The average Bonchev–Trinajstić information content (AvgIpc) is 2.24. The van der Waals surface area contributed by atoms with Gasteiger partial charge in [-0.3, -0.25) is 0 Å². The molecular formula is C14H12. The molecule has 0 fully saturated rings. The molecule has 2 aromatic rings. The van der Waals surface area contributed by atoms with Gasteiger partial charge in [-0.05, 0) is 40.8 Å². The van der Waals surface area contributed by atoms with Gasteiger partial charge in [0.05, 0.1) is 0 Å². The van der Waals surface area contributed by atoms with Crippen molar-refractivity contribution in [2.75, 3.05) is 0 Å². The molecule has 0 amide bonds. The van der Waals surface area contributed by atoms with Gasteiger partial charge in [-0.2, -0.15) is 0 Å². The Labute approximate surface area is 83.9 Å². The smallest absolute Gasteiger partial charge is 0.00736 e. The van der Waals surface area contributed by atoms with Crippen molar-refractivity contribution >= 4 is 16.8 Å². The van der Waals surface area contributed by atoms with E-state index in [1.807, 2.05) is 0 Å². The first-order valence-electron chi connectivity index (χ1n) is 5.04. The molecule has 0 saturated heterocycles. The fourth-order valence-electron chi connectivity index (χ4n) is 2.28. The maximum absolute atomic E-state index is 2.25. The molecule has 1 aliphatic rings. The number of allylic oxidation sites excluding steroid dienone is 1. The highest BCUT2D eigenvalue weighted by molar-refractivity contribution is 5.96. The lowest BCUT2D eigenvalue weighted by atomic mass is 9.90. The number of hydrogen-bond donors (Lipinski definition) is 0. The van der Waals surface area contributed by atoms with Crippen LogP contribution in [0.15, 0.2) is 36.4 Å². The Kier molecular flexibility index (Phi) is 1.51. The summed E-state index contributed by atoms with van der Waals surface area (Å²) in [5.74, 6) is 0. The fraction of sp³-hybridized carbons (Fsp3) is 0.143. The fourth-order valence-corrected chi connectivity index (χ4v) is 2.28. The Hall–Kier alpha value is -1.56. The van der Waals surface area contributed by atoms with Crippen molar-refractivity contribution in [3.8, 4) is 0 Å². The van der Waals surface area contributed by atoms with Gasteiger partial charge in [-0.1, -0.05) is 42.5 Å². The van der Waals surface area contributed by atoms with Crippen molar-refractivity contribution < 1.29 is 0 Å². The van der Waals surface area contributed by atoms with Gasteiger partial charge < -0.3 is 0 Å². The predicted octanol–water partition coefficient (Wildman–Crippen LogP) is 3.72. The molecule has 0 nitrogen and oxygen atoms in total. The minimum absolute atomic E-state index is 1.08. The molecule has 1 aliphatic carbocycles. The summed E-state index contributed by atoms with van der Waals surface area (Å²) in [6.07, 6.45) is 5.59. The van der Waals surface area contributed by atoms with Gasteiger partial charge in [0.15, 0.2) is 0 Å². The molecule has 68 valence electrons. The normalized spacial score (nSPS) is 13.5. The summed E-state index contributed by atoms with van der Waals surface area (Å²) in [5.41, 5.74) is 4.24. The molecule has 0 atom stereocenters. The highest BCUT2D eigenvalue weighted by atomic mass is 14.1. The summed E-state index contributed by atoms with van der Waals surface area (Å²) in [7, 11) is 0. The van der Waals surface area contributed by atoms with Crippen molar-refractivity contribution in [2.45, 2.75) is 13.3 Å². The van der Waals surface area contributed by atoms with E-state index in [0.717, 1.165) is 6.42 Å². The SMILES string of the molecule is Cc1ccc2cccc3c2c1C=CC3. The maximum atomic E-state index is 2.25. The summed E-state index contributed by atoms with van der Waals surface area (Å²) < 4.78 is 0. The third-order valence-corrected chi connectivity index (χ3v) is 3.01. The Morgan fingerprint density at radius 3 is 2.93 bits per heavy atom. The van der Waals surface area contributed by atoms with Crippen LogP contribution in [-0.4, -0.2) is 0 Å². The summed E-state index contributed by atoms with van der Waals surface area (Å²) in [6, 6.07) is 11.0. The third-order valence-electron chi connectivity index (χ3n) is 3.01. The second kappa shape index (κ2) is 2.71. The van der Waals surface area contributed by atoms with Gasteiger partial charge in [0.25, 0.3) is 0 Å². The summed E-state index contributed by atoms with van der Waals surface area (Å²) >= 11 is 0. The zero-order valence-corrected chi connectivity index (χ0v) is 8.25. The van der Waals surface area contributed by atoms with E-state index in [4.69, 9.17) is 0 Å². The second-order valence-corrected chi connectivity index (χ2v) is 3.92. The van der Waals surface area contributed by atoms with E-state index in [0.29, 0.717) is 0 Å². The van der Waals surface area contributed by atoms with E-state index in [9.17, 15) is 0 Å². The molecular weight excluding hydrogens is 168 g/mol. The first-order chi connectivity index (χ1) is 6.86. The van der Waals surface area contributed by atoms with Crippen molar-refractivity contribution in [1.29, 1.82) is 0 Å². The first kappa shape index (κ1) is 7.81. The molecule has 0 aliphatic heterocycles. The molecule has 0 heteroatoms. The molecule has 3 rings (SSSR count). The Balaban J connectivity index is 2.56. The number of aryl methyl sites for hydroxylation is 1. The van der Waals surface area contributed by atoms with Crippen LogP contribution in [0.3, 0.4) is 0 Å². The molecule has 0 spiro atoms. The Morgan fingerprint density at radius 2 is 2.00 bits per heavy atom. The zero-order valence-electron chi connectivity index (χ0n) is 8.25. The minimum Gasteiger partial charge on any atom is -0.0795 e. The van der Waals surface area contributed by atoms with Crippen LogP contribution >= 0.6 is 0 Å². The lowest BCUT2D eigenvalue weighted by molar-refractivity contribution is 1.28. The standard InChI is InChI=1S/C14H12/c1-10-8-9-12-5-2-4-11-6-3-7-13(10)14(11)12/h2-5,7-9H,6H2,1H3. The zero-order chi connectivity index (χ0) is 9.54. The van der Waals surface area contributed by atoms with Crippen molar-refractivity contribution in [3.63, 3.8) is 0 Å². The van der Waals surface area contributed by atoms with Crippen LogP contribution in [0, 0.1) is 6.92 Å². The van der Waals surface area contributed by atoms with Crippen LogP contribution in [0.2, 0.25) is 0 Å². The maximum Gasteiger partial charge on any atom is -0.00736 e. The van der Waals surface area contributed by atoms with Crippen molar-refractivity contribution in [1.82, 2.24) is 0 Å². The van der Waals surface area contributed by atoms with Gasteiger partial charge in [-0.15, -0.1) is 0 Å². The van der Waals surface area contributed by atoms with E-state index in [1.54, 1.807) is 0 Å². The molecule has 0 saturated carbocycles. The molecule has 0 bridgehead atoms. The van der Waals surface area contributed by atoms with E-state index in [1.165, 1.54) is 27.5 Å². The predicted molar refractivity (Wildman–Crippen MR) is 61.4 cm³/mol. The van der Waals surface area contributed by atoms with Crippen LogP contribution in [0.5, 0.6) is 0 Å². The summed E-state index contributed by atoms with van der Waals surface area (Å²) in [5, 5.41) is 2.82. The minimum atomic E-state index is 1.08. The molecule has 0 radical (unpaired) electrons. The van der Waals surface area contributed by atoms with Crippen LogP contribution in [0.1, 0.15) is 16.7 Å². The first-order valence-corrected chi connectivity index (χ1v) is 5.04. The molecule has 0 unspecified atom stereocenters. The monoisotopic (exact) mass is 180 g/mol. The van der Waals surface area contributed by atoms with E-state index < -0.39 is 0 Å². The van der Waals surface area contributed by atoms with Crippen molar-refractivity contribution in [2.24, 2.45) is 0 Å². The van der Waals surface area contributed by atoms with Gasteiger partial charge in [0.2, 0.25) is 0 Å². The van der Waals surface area contributed by atoms with Gasteiger partial charge in [-0.25, -0.2) is 0 Å². The molecule has 0 N–H and O–H groups in total. The molecule has 0 aromatic heterocycles. The number of hydrogen-bond acceptors (Lipinski definition) is 0. The lowest BCUT2D eigenvalue weighted by Gasteiger charge is -2.14. The second-order valence-electron chi connectivity index (χ2n) is 3.92. The van der Waals surface area contributed by atoms with E-state index in [-0.39, 0.29) is 0 Å². The van der Waals surface area contributed by atoms with Gasteiger partial charge >= 0.3 is 0 Å². The Bertz CT molecular complexity index is 533. The number of rotatable bonds is 0. The van der Waals surface area contributed by atoms with E-state index in [2.05, 4.69) is 49.4 Å².